The summed E-state index contributed by atoms with van der Waals surface area (Å²) >= 11 is 0. The van der Waals surface area contributed by atoms with Crippen LogP contribution in [0.3, 0.4) is 0 Å². The summed E-state index contributed by atoms with van der Waals surface area (Å²) in [7, 11) is -2.11. The molecule has 1 aromatic heterocycles. The normalized spacial score (nSPS) is 18.5. The van der Waals surface area contributed by atoms with Crippen LogP contribution in [0.4, 0.5) is 10.5 Å². The van der Waals surface area contributed by atoms with Gasteiger partial charge in [-0.25, -0.2) is 18.4 Å². The zero-order valence-corrected chi connectivity index (χ0v) is 30.0. The standard InChI is InChI=1S/C41H43N5O4S/c1-40(2)26-46-38(50-27-40)36(25-42-46)51(48,44-39(47)43-37-34-21-13-14-28(34)22-29-23-33(49-3)24-35(29)37)45-41(30-15-7-4-8-16-30,31-17-9-5-10-18-31)32-19-11-6-12-20-32/h4-12,15-20,22,25,33H,13-14,21,23-24,26-27H2,1-3H3,(H2,43,44,45,47,48)/t33-,51?/m1/s1. The first-order valence-electron chi connectivity index (χ1n) is 17.6. The van der Waals surface area contributed by atoms with Gasteiger partial charge in [0, 0.05) is 24.6 Å². The number of hydrogen-bond donors (Lipinski definition) is 2. The molecule has 51 heavy (non-hydrogen) atoms. The van der Waals surface area contributed by atoms with E-state index in [9.17, 15) is 4.79 Å². The number of nitrogens with zero attached hydrogens (tertiary/aromatic N) is 3. The maximum absolute atomic E-state index is 16.1. The Labute approximate surface area is 299 Å². The van der Waals surface area contributed by atoms with Crippen molar-refractivity contribution < 1.29 is 18.5 Å². The number of carbonyl (C=O) groups excluding carboxylic acids is 1. The van der Waals surface area contributed by atoms with Crippen molar-refractivity contribution in [2.24, 2.45) is 9.78 Å². The summed E-state index contributed by atoms with van der Waals surface area (Å²) in [5, 5.41) is 7.83. The highest BCUT2D eigenvalue weighted by Gasteiger charge is 2.41. The predicted molar refractivity (Wildman–Crippen MR) is 198 cm³/mol. The molecule has 0 spiro atoms. The van der Waals surface area contributed by atoms with Crippen LogP contribution in [0, 0.1) is 5.41 Å². The van der Waals surface area contributed by atoms with Crippen LogP contribution in [0.25, 0.3) is 0 Å². The number of aromatic nitrogens is 2. The molecule has 4 aromatic carbocycles. The number of fused-ring (bicyclic) bond motifs is 3. The number of rotatable bonds is 8. The molecular formula is C41H43N5O4S. The highest BCUT2D eigenvalue weighted by atomic mass is 32.2. The van der Waals surface area contributed by atoms with Crippen LogP contribution in [-0.4, -0.2) is 39.8 Å². The first-order chi connectivity index (χ1) is 24.7. The van der Waals surface area contributed by atoms with Gasteiger partial charge in [-0.3, -0.25) is 0 Å². The topological polar surface area (TPSA) is 107 Å². The summed E-state index contributed by atoms with van der Waals surface area (Å²) in [5.41, 5.74) is 6.39. The van der Waals surface area contributed by atoms with Gasteiger partial charge in [-0.2, -0.15) is 9.46 Å². The number of carbonyl (C=O) groups is 1. The summed E-state index contributed by atoms with van der Waals surface area (Å²) < 4.78 is 38.2. The average Bonchev–Trinajstić information content (AvgIpc) is 3.90. The van der Waals surface area contributed by atoms with Crippen LogP contribution >= 0.6 is 0 Å². The Hall–Kier alpha value is -4.93. The third-order valence-corrected chi connectivity index (χ3v) is 12.2. The second-order valence-electron chi connectivity index (χ2n) is 14.6. The smallest absolute Gasteiger partial charge is 0.331 e. The van der Waals surface area contributed by atoms with Gasteiger partial charge in [0.2, 0.25) is 5.88 Å². The molecule has 262 valence electrons. The van der Waals surface area contributed by atoms with Crippen molar-refractivity contribution in [1.82, 2.24) is 14.5 Å². The minimum Gasteiger partial charge on any atom is -0.476 e. The molecule has 2 amide bonds. The maximum atomic E-state index is 16.1. The second-order valence-corrected chi connectivity index (χ2v) is 16.4. The van der Waals surface area contributed by atoms with Crippen molar-refractivity contribution in [2.45, 2.75) is 69.0 Å². The molecule has 2 aliphatic carbocycles. The molecule has 0 bridgehead atoms. The number of benzene rings is 4. The lowest BCUT2D eigenvalue weighted by Crippen LogP contribution is -2.39. The number of methoxy groups -OCH3 is 1. The van der Waals surface area contributed by atoms with E-state index in [4.69, 9.17) is 13.8 Å². The number of urea groups is 1. The summed E-state index contributed by atoms with van der Waals surface area (Å²) in [6.07, 6.45) is 5.95. The largest absolute Gasteiger partial charge is 0.476 e. The average molecular weight is 702 g/mol. The summed E-state index contributed by atoms with van der Waals surface area (Å²) in [6, 6.07) is 31.1. The first-order valence-corrected chi connectivity index (χ1v) is 19.1. The molecule has 0 radical (unpaired) electrons. The molecule has 2 heterocycles. The van der Waals surface area contributed by atoms with E-state index >= 15 is 4.21 Å². The zero-order valence-electron chi connectivity index (χ0n) is 29.2. The van der Waals surface area contributed by atoms with Crippen LogP contribution < -0.4 is 14.8 Å². The third-order valence-electron chi connectivity index (χ3n) is 10.4. The molecular weight excluding hydrogens is 659 g/mol. The van der Waals surface area contributed by atoms with Crippen LogP contribution in [0.2, 0.25) is 0 Å². The van der Waals surface area contributed by atoms with Crippen LogP contribution in [0.15, 0.2) is 113 Å². The van der Waals surface area contributed by atoms with Gasteiger partial charge in [0.25, 0.3) is 0 Å². The van der Waals surface area contributed by atoms with Gasteiger partial charge in [-0.15, -0.1) is 0 Å². The number of aryl methyl sites for hydroxylation is 1. The van der Waals surface area contributed by atoms with E-state index in [1.54, 1.807) is 11.8 Å². The van der Waals surface area contributed by atoms with Gasteiger partial charge in [0.1, 0.15) is 10.4 Å². The minimum absolute atomic E-state index is 0.0499. The molecule has 1 aliphatic heterocycles. The van der Waals surface area contributed by atoms with Gasteiger partial charge >= 0.3 is 6.03 Å². The van der Waals surface area contributed by atoms with E-state index in [1.807, 2.05) is 91.0 Å². The molecule has 10 heteroatoms. The minimum atomic E-state index is -3.84. The van der Waals surface area contributed by atoms with Crippen molar-refractivity contribution in [3.05, 3.63) is 142 Å². The van der Waals surface area contributed by atoms with E-state index in [0.717, 1.165) is 59.2 Å². The summed E-state index contributed by atoms with van der Waals surface area (Å²) in [4.78, 5) is 14.7. The fourth-order valence-corrected chi connectivity index (χ4v) is 9.78. The molecule has 8 rings (SSSR count). The third kappa shape index (κ3) is 6.00. The molecule has 3 aliphatic rings. The Morgan fingerprint density at radius 2 is 1.55 bits per heavy atom. The molecule has 2 N–H and O–H groups in total. The molecule has 1 unspecified atom stereocenters. The lowest BCUT2D eigenvalue weighted by molar-refractivity contribution is 0.0971. The van der Waals surface area contributed by atoms with Gasteiger partial charge in [-0.05, 0) is 64.6 Å². The second kappa shape index (κ2) is 13.0. The van der Waals surface area contributed by atoms with E-state index in [1.165, 1.54) is 17.3 Å². The van der Waals surface area contributed by atoms with Crippen molar-refractivity contribution in [1.29, 1.82) is 0 Å². The van der Waals surface area contributed by atoms with Crippen molar-refractivity contribution in [2.75, 3.05) is 19.0 Å². The Balaban J connectivity index is 1.33. The van der Waals surface area contributed by atoms with E-state index in [-0.39, 0.29) is 16.4 Å². The Kier molecular flexibility index (Phi) is 8.47. The quantitative estimate of drug-likeness (QED) is 0.164. The molecule has 2 atom stereocenters. The van der Waals surface area contributed by atoms with Crippen molar-refractivity contribution in [3.63, 3.8) is 0 Å². The highest BCUT2D eigenvalue weighted by Crippen LogP contribution is 2.44. The highest BCUT2D eigenvalue weighted by molar-refractivity contribution is 7.92. The first kappa shape index (κ1) is 33.2. The SMILES string of the molecule is CO[C@@H]1Cc2cc3c(c(NC(=O)NS(=O)(=NC(c4ccccc4)(c4ccccc4)c4ccccc4)c4cnn5c4OCC(C)(C)C5)c2C1)CCC3. The number of ether oxygens (including phenoxy) is 2. The molecule has 9 nitrogen and oxygen atoms in total. The maximum Gasteiger partial charge on any atom is 0.331 e. The van der Waals surface area contributed by atoms with Gasteiger partial charge in [0.05, 0.1) is 25.5 Å². The molecule has 0 saturated heterocycles. The molecule has 5 aromatic rings. The Morgan fingerprint density at radius 1 is 0.922 bits per heavy atom. The zero-order chi connectivity index (χ0) is 35.2. The van der Waals surface area contributed by atoms with Crippen molar-refractivity contribution in [3.8, 4) is 5.88 Å². The fourth-order valence-electron chi connectivity index (χ4n) is 7.93. The lowest BCUT2D eigenvalue weighted by atomic mass is 9.78. The fraction of sp³-hybridized carbons (Fsp3) is 0.317. The van der Waals surface area contributed by atoms with Gasteiger partial charge in [-0.1, -0.05) is 111 Å². The number of amides is 2. The number of anilines is 1. The molecule has 0 fully saturated rings. The van der Waals surface area contributed by atoms with Crippen LogP contribution in [0.1, 0.15) is 59.2 Å². The van der Waals surface area contributed by atoms with E-state index < -0.39 is 21.5 Å². The summed E-state index contributed by atoms with van der Waals surface area (Å²) in [6.45, 7) is 5.16. The monoisotopic (exact) mass is 701 g/mol. The van der Waals surface area contributed by atoms with E-state index in [0.29, 0.717) is 25.5 Å². The summed E-state index contributed by atoms with van der Waals surface area (Å²) in [5.74, 6) is 0.343. The Morgan fingerprint density at radius 3 is 2.16 bits per heavy atom. The number of nitrogens with one attached hydrogen (secondary N) is 2. The Bertz CT molecular complexity index is 2110. The predicted octanol–water partition coefficient (Wildman–Crippen LogP) is 7.46. The van der Waals surface area contributed by atoms with E-state index in [2.05, 4.69) is 35.1 Å². The lowest BCUT2D eigenvalue weighted by Gasteiger charge is -2.34. The number of hydrogen-bond acceptors (Lipinski definition) is 6. The van der Waals surface area contributed by atoms with Crippen molar-refractivity contribution >= 4 is 21.6 Å². The van der Waals surface area contributed by atoms with Crippen LogP contribution in [0.5, 0.6) is 5.88 Å². The molecule has 0 saturated carbocycles. The van der Waals surface area contributed by atoms with Gasteiger partial charge < -0.3 is 14.8 Å². The van der Waals surface area contributed by atoms with Gasteiger partial charge in [0.15, 0.2) is 9.92 Å². The van der Waals surface area contributed by atoms with Crippen LogP contribution in [-0.2, 0) is 52.4 Å².